The van der Waals surface area contributed by atoms with Crippen LogP contribution in [0.5, 0.6) is 0 Å². The van der Waals surface area contributed by atoms with Crippen molar-refractivity contribution in [3.63, 3.8) is 0 Å². The van der Waals surface area contributed by atoms with Crippen LogP contribution in [0, 0.1) is 23.2 Å². The quantitative estimate of drug-likeness (QED) is 0.724. The van der Waals surface area contributed by atoms with Gasteiger partial charge >= 0.3 is 0 Å². The van der Waals surface area contributed by atoms with Crippen molar-refractivity contribution in [3.05, 3.63) is 0 Å². The molecule has 0 aromatic heterocycles. The second-order valence-corrected chi connectivity index (χ2v) is 4.01. The van der Waals surface area contributed by atoms with Crippen molar-refractivity contribution in [2.24, 2.45) is 11.8 Å². The van der Waals surface area contributed by atoms with E-state index < -0.39 is 0 Å². The van der Waals surface area contributed by atoms with Crippen LogP contribution in [0.1, 0.15) is 44.9 Å². The van der Waals surface area contributed by atoms with E-state index in [0.29, 0.717) is 24.9 Å². The van der Waals surface area contributed by atoms with Crippen molar-refractivity contribution in [1.82, 2.24) is 0 Å². The molecule has 1 N–H and O–H groups in total. The number of nitrogens with zero attached hydrogens (tertiary/aromatic N) is 1. The average Bonchev–Trinajstić information content (AvgIpc) is 2.17. The molecule has 0 saturated heterocycles. The molecule has 13 heavy (non-hydrogen) atoms. The Morgan fingerprint density at radius 3 is 2.31 bits per heavy atom. The van der Waals surface area contributed by atoms with Gasteiger partial charge in [0.25, 0.3) is 0 Å². The van der Waals surface area contributed by atoms with Crippen molar-refractivity contribution in [1.29, 1.82) is 5.26 Å². The molecule has 1 rings (SSSR count). The first-order chi connectivity index (χ1) is 6.38. The molecule has 2 unspecified atom stereocenters. The highest BCUT2D eigenvalue weighted by molar-refractivity contribution is 4.79. The Morgan fingerprint density at radius 2 is 1.77 bits per heavy atom. The van der Waals surface area contributed by atoms with Crippen LogP contribution < -0.4 is 0 Å². The van der Waals surface area contributed by atoms with Crippen LogP contribution in [0.3, 0.4) is 0 Å². The van der Waals surface area contributed by atoms with E-state index in [1.807, 2.05) is 0 Å². The van der Waals surface area contributed by atoms with Crippen molar-refractivity contribution < 1.29 is 5.11 Å². The van der Waals surface area contributed by atoms with Crippen LogP contribution in [0.15, 0.2) is 0 Å². The lowest BCUT2D eigenvalue weighted by Gasteiger charge is -2.30. The van der Waals surface area contributed by atoms with Gasteiger partial charge in [-0.1, -0.05) is 25.7 Å². The summed E-state index contributed by atoms with van der Waals surface area (Å²) in [5, 5.41) is 17.4. The Bertz CT molecular complexity index is 171. The molecule has 74 valence electrons. The van der Waals surface area contributed by atoms with Crippen LogP contribution in [0.4, 0.5) is 0 Å². The van der Waals surface area contributed by atoms with Crippen molar-refractivity contribution in [2.75, 3.05) is 6.61 Å². The van der Waals surface area contributed by atoms with Crippen molar-refractivity contribution in [3.8, 4) is 6.07 Å². The van der Waals surface area contributed by atoms with Crippen LogP contribution in [-0.2, 0) is 0 Å². The maximum absolute atomic E-state index is 8.90. The smallest absolute Gasteiger partial charge is 0.0621 e. The van der Waals surface area contributed by atoms with Crippen LogP contribution in [-0.4, -0.2) is 11.7 Å². The molecule has 1 aliphatic rings. The van der Waals surface area contributed by atoms with Gasteiger partial charge in [0.05, 0.1) is 6.07 Å². The number of hydrogen-bond donors (Lipinski definition) is 1. The monoisotopic (exact) mass is 181 g/mol. The van der Waals surface area contributed by atoms with Crippen molar-refractivity contribution in [2.45, 2.75) is 44.9 Å². The molecule has 0 heterocycles. The SMILES string of the molecule is N#CCCC1CCCCC1CCO. The first-order valence-electron chi connectivity index (χ1n) is 5.36. The first-order valence-corrected chi connectivity index (χ1v) is 5.36. The summed E-state index contributed by atoms with van der Waals surface area (Å²) in [4.78, 5) is 0. The molecule has 0 spiro atoms. The lowest BCUT2D eigenvalue weighted by atomic mass is 9.75. The summed E-state index contributed by atoms with van der Waals surface area (Å²) >= 11 is 0. The Kier molecular flexibility index (Phi) is 4.85. The molecule has 0 aromatic carbocycles. The average molecular weight is 181 g/mol. The van der Waals surface area contributed by atoms with Gasteiger partial charge < -0.3 is 5.11 Å². The first kappa shape index (κ1) is 10.5. The number of hydrogen-bond acceptors (Lipinski definition) is 2. The van der Waals surface area contributed by atoms with E-state index in [1.165, 1.54) is 25.7 Å². The zero-order chi connectivity index (χ0) is 9.52. The molecule has 0 amide bonds. The Balaban J connectivity index is 2.33. The minimum absolute atomic E-state index is 0.313. The van der Waals surface area contributed by atoms with E-state index in [-0.39, 0.29) is 0 Å². The topological polar surface area (TPSA) is 44.0 Å². The highest BCUT2D eigenvalue weighted by atomic mass is 16.3. The Morgan fingerprint density at radius 1 is 1.15 bits per heavy atom. The molecule has 2 atom stereocenters. The van der Waals surface area contributed by atoms with Crippen LogP contribution >= 0.6 is 0 Å². The van der Waals surface area contributed by atoms with Gasteiger partial charge in [0.2, 0.25) is 0 Å². The van der Waals surface area contributed by atoms with Crippen LogP contribution in [0.25, 0.3) is 0 Å². The van der Waals surface area contributed by atoms with E-state index in [9.17, 15) is 0 Å². The largest absolute Gasteiger partial charge is 0.396 e. The molecule has 2 nitrogen and oxygen atoms in total. The van der Waals surface area contributed by atoms with Gasteiger partial charge in [0, 0.05) is 13.0 Å². The Labute approximate surface area is 80.6 Å². The molecule has 1 fully saturated rings. The molecule has 0 aromatic rings. The van der Waals surface area contributed by atoms with Gasteiger partial charge in [0.1, 0.15) is 0 Å². The van der Waals surface area contributed by atoms with Gasteiger partial charge in [-0.25, -0.2) is 0 Å². The lowest BCUT2D eigenvalue weighted by Crippen LogP contribution is -2.20. The number of aliphatic hydroxyl groups is 1. The summed E-state index contributed by atoms with van der Waals surface area (Å²) in [5.41, 5.74) is 0. The molecular weight excluding hydrogens is 162 g/mol. The maximum Gasteiger partial charge on any atom is 0.0621 e. The second-order valence-electron chi connectivity index (χ2n) is 4.01. The van der Waals surface area contributed by atoms with Gasteiger partial charge in [-0.05, 0) is 24.7 Å². The summed E-state index contributed by atoms with van der Waals surface area (Å²) < 4.78 is 0. The Hall–Kier alpha value is -0.550. The highest BCUT2D eigenvalue weighted by Gasteiger charge is 2.23. The molecule has 1 saturated carbocycles. The van der Waals surface area contributed by atoms with Crippen LogP contribution in [0.2, 0.25) is 0 Å². The van der Waals surface area contributed by atoms with Gasteiger partial charge in [-0.15, -0.1) is 0 Å². The summed E-state index contributed by atoms with van der Waals surface area (Å²) in [6, 6.07) is 2.22. The third kappa shape index (κ3) is 3.36. The fourth-order valence-corrected chi connectivity index (χ4v) is 2.46. The number of nitriles is 1. The van der Waals surface area contributed by atoms with E-state index in [0.717, 1.165) is 12.8 Å². The van der Waals surface area contributed by atoms with Gasteiger partial charge in [0.15, 0.2) is 0 Å². The number of aliphatic hydroxyl groups excluding tert-OH is 1. The predicted molar refractivity (Wildman–Crippen MR) is 52.0 cm³/mol. The van der Waals surface area contributed by atoms with Gasteiger partial charge in [-0.2, -0.15) is 5.26 Å². The molecule has 0 radical (unpaired) electrons. The second kappa shape index (κ2) is 5.99. The fraction of sp³-hybridized carbons (Fsp3) is 0.909. The third-order valence-electron chi connectivity index (χ3n) is 3.19. The fourth-order valence-electron chi connectivity index (χ4n) is 2.46. The maximum atomic E-state index is 8.90. The minimum Gasteiger partial charge on any atom is -0.396 e. The highest BCUT2D eigenvalue weighted by Crippen LogP contribution is 2.34. The molecule has 0 bridgehead atoms. The number of rotatable bonds is 4. The van der Waals surface area contributed by atoms with Crippen molar-refractivity contribution >= 4 is 0 Å². The zero-order valence-electron chi connectivity index (χ0n) is 8.21. The predicted octanol–water partition coefficient (Wildman–Crippen LogP) is 2.48. The standard InChI is InChI=1S/C11H19NO/c12-8-3-6-10-4-1-2-5-11(10)7-9-13/h10-11,13H,1-7,9H2. The summed E-state index contributed by atoms with van der Waals surface area (Å²) in [5.74, 6) is 1.40. The summed E-state index contributed by atoms with van der Waals surface area (Å²) in [7, 11) is 0. The molecular formula is C11H19NO. The molecule has 2 heteroatoms. The van der Waals surface area contributed by atoms with E-state index in [4.69, 9.17) is 10.4 Å². The van der Waals surface area contributed by atoms with Gasteiger partial charge in [-0.3, -0.25) is 0 Å². The normalized spacial score (nSPS) is 28.3. The molecule has 0 aliphatic heterocycles. The summed E-state index contributed by atoms with van der Waals surface area (Å²) in [6.07, 6.45) is 7.83. The molecule has 1 aliphatic carbocycles. The van der Waals surface area contributed by atoms with E-state index in [2.05, 4.69) is 6.07 Å². The zero-order valence-corrected chi connectivity index (χ0v) is 8.21. The third-order valence-corrected chi connectivity index (χ3v) is 3.19. The summed E-state index contributed by atoms with van der Waals surface area (Å²) in [6.45, 7) is 0.313. The van der Waals surface area contributed by atoms with E-state index in [1.54, 1.807) is 0 Å². The van der Waals surface area contributed by atoms with E-state index >= 15 is 0 Å². The lowest BCUT2D eigenvalue weighted by molar-refractivity contribution is 0.169. The minimum atomic E-state index is 0.313.